The first kappa shape index (κ1) is 13.0. The van der Waals surface area contributed by atoms with E-state index in [1.807, 2.05) is 6.07 Å². The van der Waals surface area contributed by atoms with Crippen molar-refractivity contribution < 1.29 is 9.47 Å². The highest BCUT2D eigenvalue weighted by molar-refractivity contribution is 5.44. The molecule has 0 saturated carbocycles. The van der Waals surface area contributed by atoms with Gasteiger partial charge >= 0.3 is 0 Å². The molecule has 0 amide bonds. The maximum Gasteiger partial charge on any atom is 0.160 e. The van der Waals surface area contributed by atoms with Gasteiger partial charge in [0.2, 0.25) is 0 Å². The Labute approximate surface area is 110 Å². The number of hydrogen-bond acceptors (Lipinski definition) is 2. The first-order valence-corrected chi connectivity index (χ1v) is 6.53. The Bertz CT molecular complexity index is 448. The van der Waals surface area contributed by atoms with Gasteiger partial charge in [-0.2, -0.15) is 0 Å². The molecule has 1 aromatic rings. The van der Waals surface area contributed by atoms with Crippen LogP contribution in [0.2, 0.25) is 0 Å². The highest BCUT2D eigenvalue weighted by Crippen LogP contribution is 2.39. The number of allylic oxidation sites excluding steroid dienone is 2. The zero-order valence-corrected chi connectivity index (χ0v) is 11.7. The molecular weight excluding hydrogens is 224 g/mol. The van der Waals surface area contributed by atoms with E-state index in [2.05, 4.69) is 32.1 Å². The van der Waals surface area contributed by atoms with Crippen LogP contribution in [0.25, 0.3) is 0 Å². The monoisotopic (exact) mass is 246 g/mol. The van der Waals surface area contributed by atoms with Crippen molar-refractivity contribution in [3.63, 3.8) is 0 Å². The molecule has 0 spiro atoms. The summed E-state index contributed by atoms with van der Waals surface area (Å²) in [4.78, 5) is 0. The van der Waals surface area contributed by atoms with Gasteiger partial charge in [0, 0.05) is 0 Å². The predicted molar refractivity (Wildman–Crippen MR) is 74.4 cm³/mol. The third-order valence-corrected chi connectivity index (χ3v) is 3.89. The summed E-state index contributed by atoms with van der Waals surface area (Å²) in [5.74, 6) is 2.91. The average molecular weight is 246 g/mol. The average Bonchev–Trinajstić information content (AvgIpc) is 2.38. The maximum absolute atomic E-state index is 5.38. The van der Waals surface area contributed by atoms with Gasteiger partial charge in [-0.3, -0.25) is 0 Å². The van der Waals surface area contributed by atoms with Gasteiger partial charge in [0.05, 0.1) is 14.2 Å². The Hall–Kier alpha value is -1.44. The van der Waals surface area contributed by atoms with Crippen LogP contribution < -0.4 is 9.47 Å². The van der Waals surface area contributed by atoms with Gasteiger partial charge in [-0.1, -0.05) is 24.6 Å². The molecular formula is C16H22O2. The van der Waals surface area contributed by atoms with Crippen LogP contribution in [0.4, 0.5) is 0 Å². The second-order valence-electron chi connectivity index (χ2n) is 5.19. The van der Waals surface area contributed by atoms with Crippen molar-refractivity contribution in [3.05, 3.63) is 35.4 Å². The van der Waals surface area contributed by atoms with Gasteiger partial charge in [-0.05, 0) is 49.3 Å². The molecule has 0 saturated heterocycles. The van der Waals surface area contributed by atoms with E-state index in [0.29, 0.717) is 11.8 Å². The molecule has 1 unspecified atom stereocenters. The molecule has 0 N–H and O–H groups in total. The van der Waals surface area contributed by atoms with Crippen molar-refractivity contribution in [2.45, 2.75) is 32.6 Å². The molecule has 0 heterocycles. The zero-order chi connectivity index (χ0) is 13.1. The SMILES string of the molecule is COc1ccc([C@@H]2CC=C(C)CC2C)cc1OC. The Morgan fingerprint density at radius 3 is 2.44 bits per heavy atom. The molecule has 2 atom stereocenters. The van der Waals surface area contributed by atoms with Crippen molar-refractivity contribution in [1.82, 2.24) is 0 Å². The molecule has 0 radical (unpaired) electrons. The highest BCUT2D eigenvalue weighted by Gasteiger charge is 2.23. The summed E-state index contributed by atoms with van der Waals surface area (Å²) in [7, 11) is 3.36. The minimum absolute atomic E-state index is 0.591. The number of hydrogen-bond donors (Lipinski definition) is 0. The molecule has 2 nitrogen and oxygen atoms in total. The van der Waals surface area contributed by atoms with Crippen LogP contribution in [0.15, 0.2) is 29.8 Å². The molecule has 2 heteroatoms. The summed E-state index contributed by atoms with van der Waals surface area (Å²) >= 11 is 0. The van der Waals surface area contributed by atoms with Crippen LogP contribution in [-0.2, 0) is 0 Å². The Balaban J connectivity index is 2.28. The van der Waals surface area contributed by atoms with Crippen molar-refractivity contribution in [2.75, 3.05) is 14.2 Å². The van der Waals surface area contributed by atoms with Gasteiger partial charge < -0.3 is 9.47 Å². The van der Waals surface area contributed by atoms with Crippen molar-refractivity contribution in [1.29, 1.82) is 0 Å². The van der Waals surface area contributed by atoms with E-state index in [-0.39, 0.29) is 0 Å². The molecule has 2 rings (SSSR count). The van der Waals surface area contributed by atoms with Crippen molar-refractivity contribution >= 4 is 0 Å². The van der Waals surface area contributed by atoms with E-state index >= 15 is 0 Å². The van der Waals surface area contributed by atoms with Gasteiger partial charge in [0.1, 0.15) is 0 Å². The van der Waals surface area contributed by atoms with Crippen molar-refractivity contribution in [3.8, 4) is 11.5 Å². The van der Waals surface area contributed by atoms with E-state index in [1.54, 1.807) is 14.2 Å². The van der Waals surface area contributed by atoms with Crippen LogP contribution in [0.5, 0.6) is 11.5 Å². The first-order valence-electron chi connectivity index (χ1n) is 6.53. The highest BCUT2D eigenvalue weighted by atomic mass is 16.5. The lowest BCUT2D eigenvalue weighted by molar-refractivity contribution is 0.352. The summed E-state index contributed by atoms with van der Waals surface area (Å²) in [5, 5.41) is 0. The van der Waals surface area contributed by atoms with Gasteiger partial charge in [-0.25, -0.2) is 0 Å². The van der Waals surface area contributed by atoms with Gasteiger partial charge in [0.25, 0.3) is 0 Å². The fourth-order valence-electron chi connectivity index (χ4n) is 2.84. The molecule has 18 heavy (non-hydrogen) atoms. The normalized spacial score (nSPS) is 23.4. The van der Waals surface area contributed by atoms with Gasteiger partial charge in [-0.15, -0.1) is 0 Å². The summed E-state index contributed by atoms with van der Waals surface area (Å²) in [6, 6.07) is 6.29. The predicted octanol–water partition coefficient (Wildman–Crippen LogP) is 4.16. The second kappa shape index (κ2) is 5.47. The summed E-state index contributed by atoms with van der Waals surface area (Å²) in [5.41, 5.74) is 2.86. The zero-order valence-electron chi connectivity index (χ0n) is 11.7. The minimum atomic E-state index is 0.591. The van der Waals surface area contributed by atoms with Crippen LogP contribution in [0.3, 0.4) is 0 Å². The maximum atomic E-state index is 5.38. The fourth-order valence-corrected chi connectivity index (χ4v) is 2.84. The standard InChI is InChI=1S/C16H22O2/c1-11-5-7-14(12(2)9-11)13-6-8-15(17-3)16(10-13)18-4/h5-6,8,10,12,14H,7,9H2,1-4H3/t12?,14-/m1/s1. The molecule has 0 aliphatic heterocycles. The van der Waals surface area contributed by atoms with Crippen LogP contribution >= 0.6 is 0 Å². The fraction of sp³-hybridized carbons (Fsp3) is 0.500. The van der Waals surface area contributed by atoms with Crippen LogP contribution in [-0.4, -0.2) is 14.2 Å². The molecule has 98 valence electrons. The van der Waals surface area contributed by atoms with Crippen LogP contribution in [0.1, 0.15) is 38.2 Å². The Morgan fingerprint density at radius 1 is 1.11 bits per heavy atom. The van der Waals surface area contributed by atoms with E-state index < -0.39 is 0 Å². The molecule has 0 bridgehead atoms. The molecule has 1 aliphatic rings. The van der Waals surface area contributed by atoms with E-state index in [1.165, 1.54) is 17.6 Å². The Morgan fingerprint density at radius 2 is 1.83 bits per heavy atom. The number of methoxy groups -OCH3 is 2. The molecule has 0 fully saturated rings. The third kappa shape index (κ3) is 2.53. The summed E-state index contributed by atoms with van der Waals surface area (Å²) < 4.78 is 10.7. The molecule has 1 aliphatic carbocycles. The lowest BCUT2D eigenvalue weighted by Crippen LogP contribution is -2.14. The number of benzene rings is 1. The summed E-state index contributed by atoms with van der Waals surface area (Å²) in [6.07, 6.45) is 4.68. The molecule has 1 aromatic carbocycles. The molecule has 0 aromatic heterocycles. The lowest BCUT2D eigenvalue weighted by Gasteiger charge is -2.28. The van der Waals surface area contributed by atoms with E-state index in [9.17, 15) is 0 Å². The lowest BCUT2D eigenvalue weighted by atomic mass is 9.77. The quantitative estimate of drug-likeness (QED) is 0.745. The van der Waals surface area contributed by atoms with E-state index in [4.69, 9.17) is 9.47 Å². The second-order valence-corrected chi connectivity index (χ2v) is 5.19. The number of ether oxygens (including phenoxy) is 2. The third-order valence-electron chi connectivity index (χ3n) is 3.89. The topological polar surface area (TPSA) is 18.5 Å². The van der Waals surface area contributed by atoms with Gasteiger partial charge in [0.15, 0.2) is 11.5 Å². The first-order chi connectivity index (χ1) is 8.65. The van der Waals surface area contributed by atoms with Crippen LogP contribution in [0, 0.1) is 5.92 Å². The Kier molecular flexibility index (Phi) is 3.95. The minimum Gasteiger partial charge on any atom is -0.493 e. The number of rotatable bonds is 3. The van der Waals surface area contributed by atoms with Crippen molar-refractivity contribution in [2.24, 2.45) is 5.92 Å². The smallest absolute Gasteiger partial charge is 0.160 e. The summed E-state index contributed by atoms with van der Waals surface area (Å²) in [6.45, 7) is 4.55. The van der Waals surface area contributed by atoms with E-state index in [0.717, 1.165) is 17.9 Å². The largest absolute Gasteiger partial charge is 0.493 e.